The molecule has 7 nitrogen and oxygen atoms in total. The Balaban J connectivity index is 1.78. The number of aromatic amines is 1. The average Bonchev–Trinajstić information content (AvgIpc) is 3.08. The van der Waals surface area contributed by atoms with Crippen molar-refractivity contribution in [2.45, 2.75) is 0 Å². The van der Waals surface area contributed by atoms with Crippen LogP contribution in [0.3, 0.4) is 0 Å². The lowest BCUT2D eigenvalue weighted by Gasteiger charge is -2.00. The van der Waals surface area contributed by atoms with E-state index in [1.54, 1.807) is 6.20 Å². The lowest BCUT2D eigenvalue weighted by Crippen LogP contribution is -2.21. The first kappa shape index (κ1) is 13.1. The van der Waals surface area contributed by atoms with Crippen LogP contribution in [0.4, 0.5) is 16.8 Å². The smallest absolute Gasteiger partial charge is 0.212 e. The first-order valence-corrected chi connectivity index (χ1v) is 7.01. The molecule has 0 unspecified atom stereocenters. The van der Waals surface area contributed by atoms with E-state index in [1.165, 1.54) is 11.3 Å². The van der Waals surface area contributed by atoms with Crippen molar-refractivity contribution in [1.82, 2.24) is 15.0 Å². The van der Waals surface area contributed by atoms with Gasteiger partial charge in [0.15, 0.2) is 5.96 Å². The first-order chi connectivity index (χ1) is 10.2. The van der Waals surface area contributed by atoms with E-state index in [-0.39, 0.29) is 5.96 Å². The molecule has 3 rings (SSSR count). The van der Waals surface area contributed by atoms with Crippen LogP contribution < -0.4 is 16.8 Å². The maximum absolute atomic E-state index is 5.33. The molecular weight excluding hydrogens is 286 g/mol. The SMILES string of the molecule is NC(N)=Nc1nc(-c2cnc(Nc3ccccc3)[nH]2)cs1. The van der Waals surface area contributed by atoms with E-state index in [4.69, 9.17) is 11.5 Å². The minimum absolute atomic E-state index is 0.00746. The van der Waals surface area contributed by atoms with E-state index in [0.717, 1.165) is 17.1 Å². The van der Waals surface area contributed by atoms with Crippen LogP contribution in [-0.2, 0) is 0 Å². The van der Waals surface area contributed by atoms with Crippen LogP contribution in [0.5, 0.6) is 0 Å². The number of aromatic nitrogens is 3. The van der Waals surface area contributed by atoms with Gasteiger partial charge in [-0.15, -0.1) is 11.3 Å². The molecule has 8 heteroatoms. The highest BCUT2D eigenvalue weighted by molar-refractivity contribution is 7.13. The first-order valence-electron chi connectivity index (χ1n) is 6.13. The molecule has 0 spiro atoms. The zero-order valence-corrected chi connectivity index (χ0v) is 11.8. The number of para-hydroxylation sites is 1. The average molecular weight is 299 g/mol. The van der Waals surface area contributed by atoms with Crippen LogP contribution in [0.2, 0.25) is 0 Å². The molecule has 106 valence electrons. The molecule has 6 N–H and O–H groups in total. The summed E-state index contributed by atoms with van der Waals surface area (Å²) < 4.78 is 0. The molecule has 0 fully saturated rings. The molecule has 0 aliphatic rings. The molecule has 0 amide bonds. The summed E-state index contributed by atoms with van der Waals surface area (Å²) in [5.74, 6) is 0.638. The Hall–Kier alpha value is -2.87. The maximum atomic E-state index is 5.33. The van der Waals surface area contributed by atoms with Gasteiger partial charge in [0.2, 0.25) is 11.1 Å². The van der Waals surface area contributed by atoms with E-state index >= 15 is 0 Å². The molecule has 0 saturated heterocycles. The molecule has 0 aliphatic carbocycles. The second-order valence-corrected chi connectivity index (χ2v) is 5.03. The van der Waals surface area contributed by atoms with Gasteiger partial charge < -0.3 is 21.8 Å². The van der Waals surface area contributed by atoms with Crippen molar-refractivity contribution >= 4 is 34.1 Å². The Morgan fingerprint density at radius 3 is 2.81 bits per heavy atom. The van der Waals surface area contributed by atoms with E-state index < -0.39 is 0 Å². The summed E-state index contributed by atoms with van der Waals surface area (Å²) >= 11 is 1.36. The molecule has 0 saturated carbocycles. The van der Waals surface area contributed by atoms with Gasteiger partial charge in [0.1, 0.15) is 5.69 Å². The number of guanidine groups is 1. The van der Waals surface area contributed by atoms with Crippen molar-refractivity contribution in [3.8, 4) is 11.4 Å². The Bertz CT molecular complexity index is 756. The second kappa shape index (κ2) is 5.63. The van der Waals surface area contributed by atoms with Crippen LogP contribution >= 0.6 is 11.3 Å². The lowest BCUT2D eigenvalue weighted by atomic mass is 10.3. The Morgan fingerprint density at radius 2 is 2.05 bits per heavy atom. The molecule has 3 aromatic rings. The fourth-order valence-corrected chi connectivity index (χ4v) is 2.43. The number of thiazole rings is 1. The van der Waals surface area contributed by atoms with Crippen LogP contribution in [0.15, 0.2) is 46.9 Å². The van der Waals surface area contributed by atoms with Crippen molar-refractivity contribution in [3.63, 3.8) is 0 Å². The Morgan fingerprint density at radius 1 is 1.24 bits per heavy atom. The quantitative estimate of drug-likeness (QED) is 0.435. The maximum Gasteiger partial charge on any atom is 0.212 e. The van der Waals surface area contributed by atoms with Gasteiger partial charge in [0.25, 0.3) is 0 Å². The van der Waals surface area contributed by atoms with Gasteiger partial charge in [-0.2, -0.15) is 4.99 Å². The molecule has 0 atom stereocenters. The summed E-state index contributed by atoms with van der Waals surface area (Å²) in [5.41, 5.74) is 13.1. The summed E-state index contributed by atoms with van der Waals surface area (Å²) in [6, 6.07) is 9.78. The number of hydrogen-bond donors (Lipinski definition) is 4. The van der Waals surface area contributed by atoms with Crippen molar-refractivity contribution in [3.05, 3.63) is 41.9 Å². The van der Waals surface area contributed by atoms with E-state index in [1.807, 2.05) is 35.7 Å². The molecule has 21 heavy (non-hydrogen) atoms. The van der Waals surface area contributed by atoms with Crippen molar-refractivity contribution < 1.29 is 0 Å². The number of imidazole rings is 1. The zero-order valence-electron chi connectivity index (χ0n) is 10.9. The number of benzene rings is 1. The predicted molar refractivity (Wildman–Crippen MR) is 84.9 cm³/mol. The number of nitrogens with two attached hydrogens (primary N) is 2. The number of hydrogen-bond acceptors (Lipinski definition) is 5. The summed E-state index contributed by atoms with van der Waals surface area (Å²) in [7, 11) is 0. The lowest BCUT2D eigenvalue weighted by molar-refractivity contribution is 1.27. The molecule has 2 aromatic heterocycles. The van der Waals surface area contributed by atoms with Crippen LogP contribution in [0.25, 0.3) is 11.4 Å². The molecule has 0 aliphatic heterocycles. The molecule has 2 heterocycles. The third-order valence-electron chi connectivity index (χ3n) is 2.61. The number of rotatable bonds is 4. The number of H-pyrrole nitrogens is 1. The van der Waals surface area contributed by atoms with Gasteiger partial charge >= 0.3 is 0 Å². The topological polar surface area (TPSA) is 118 Å². The van der Waals surface area contributed by atoms with Crippen molar-refractivity contribution in [1.29, 1.82) is 0 Å². The summed E-state index contributed by atoms with van der Waals surface area (Å²) in [4.78, 5) is 15.6. The van der Waals surface area contributed by atoms with Crippen molar-refractivity contribution in [2.75, 3.05) is 5.32 Å². The van der Waals surface area contributed by atoms with Crippen LogP contribution in [0.1, 0.15) is 0 Å². The van der Waals surface area contributed by atoms with Gasteiger partial charge in [-0.05, 0) is 12.1 Å². The highest BCUT2D eigenvalue weighted by Crippen LogP contribution is 2.26. The largest absolute Gasteiger partial charge is 0.370 e. The van der Waals surface area contributed by atoms with E-state index in [2.05, 4.69) is 25.3 Å². The summed E-state index contributed by atoms with van der Waals surface area (Å²) in [5, 5.41) is 5.55. The van der Waals surface area contributed by atoms with Gasteiger partial charge in [0.05, 0.1) is 11.9 Å². The predicted octanol–water partition coefficient (Wildman–Crippen LogP) is 2.18. The minimum Gasteiger partial charge on any atom is -0.370 e. The zero-order chi connectivity index (χ0) is 14.7. The van der Waals surface area contributed by atoms with Gasteiger partial charge in [-0.25, -0.2) is 9.97 Å². The fourth-order valence-electron chi connectivity index (χ4n) is 1.72. The molecule has 1 aromatic carbocycles. The fraction of sp³-hybridized carbons (Fsp3) is 0. The third kappa shape index (κ3) is 3.18. The number of nitrogens with zero attached hydrogens (tertiary/aromatic N) is 3. The molecule has 0 radical (unpaired) electrons. The van der Waals surface area contributed by atoms with E-state index in [0.29, 0.717) is 11.1 Å². The minimum atomic E-state index is -0.00746. The second-order valence-electron chi connectivity index (χ2n) is 4.19. The Kier molecular flexibility index (Phi) is 3.52. The normalized spacial score (nSPS) is 10.3. The number of anilines is 2. The number of nitrogens with one attached hydrogen (secondary N) is 2. The Labute approximate surface area is 124 Å². The summed E-state index contributed by atoms with van der Waals surface area (Å²) in [6.07, 6.45) is 1.71. The van der Waals surface area contributed by atoms with Gasteiger partial charge in [-0.1, -0.05) is 18.2 Å². The molecule has 0 bridgehead atoms. The van der Waals surface area contributed by atoms with Gasteiger partial charge in [-0.3, -0.25) is 0 Å². The summed E-state index contributed by atoms with van der Waals surface area (Å²) in [6.45, 7) is 0. The van der Waals surface area contributed by atoms with Crippen molar-refractivity contribution in [2.24, 2.45) is 16.5 Å². The highest BCUT2D eigenvalue weighted by atomic mass is 32.1. The van der Waals surface area contributed by atoms with Crippen LogP contribution in [0, 0.1) is 0 Å². The van der Waals surface area contributed by atoms with Gasteiger partial charge in [0, 0.05) is 11.1 Å². The standard InChI is InChI=1S/C13H13N7S/c14-11(15)20-13-19-10(7-21-13)9-6-16-12(18-9)17-8-4-2-1-3-5-8/h1-7H,(H2,16,17,18)(H4,14,15,19,20). The highest BCUT2D eigenvalue weighted by Gasteiger charge is 2.08. The monoisotopic (exact) mass is 299 g/mol. The van der Waals surface area contributed by atoms with Crippen LogP contribution in [-0.4, -0.2) is 20.9 Å². The van der Waals surface area contributed by atoms with E-state index in [9.17, 15) is 0 Å². The number of aliphatic imine (C=N–C) groups is 1. The molecular formula is C13H13N7S. The third-order valence-corrected chi connectivity index (χ3v) is 3.34.